The molecule has 0 saturated carbocycles. The molecule has 0 radical (unpaired) electrons. The van der Waals surface area contributed by atoms with E-state index in [0.717, 1.165) is 16.7 Å². The van der Waals surface area contributed by atoms with Gasteiger partial charge in [0, 0.05) is 25.4 Å². The highest BCUT2D eigenvalue weighted by Crippen LogP contribution is 2.24. The number of thiophene rings is 1. The van der Waals surface area contributed by atoms with Crippen LogP contribution in [0.1, 0.15) is 28.8 Å². The van der Waals surface area contributed by atoms with E-state index >= 15 is 0 Å². The van der Waals surface area contributed by atoms with Crippen LogP contribution < -0.4 is 5.32 Å². The molecular formula is C17H18FN3OS. The molecular weight excluding hydrogens is 313 g/mol. The van der Waals surface area contributed by atoms with Crippen LogP contribution in [0.3, 0.4) is 0 Å². The van der Waals surface area contributed by atoms with Crippen molar-refractivity contribution in [1.29, 1.82) is 0 Å². The van der Waals surface area contributed by atoms with E-state index in [1.807, 2.05) is 36.1 Å². The van der Waals surface area contributed by atoms with Gasteiger partial charge in [-0.05, 0) is 40.1 Å². The summed E-state index contributed by atoms with van der Waals surface area (Å²) in [4.78, 5) is 0. The Morgan fingerprint density at radius 1 is 1.30 bits per heavy atom. The average Bonchev–Trinajstić information content (AvgIpc) is 3.19. The maximum Gasteiger partial charge on any atom is 0.123 e. The van der Waals surface area contributed by atoms with Gasteiger partial charge in [0.1, 0.15) is 5.82 Å². The summed E-state index contributed by atoms with van der Waals surface area (Å²) in [5.74, 6) is -0.281. The van der Waals surface area contributed by atoms with Gasteiger partial charge in [-0.3, -0.25) is 4.68 Å². The molecule has 2 atom stereocenters. The van der Waals surface area contributed by atoms with Crippen molar-refractivity contribution < 1.29 is 9.50 Å². The van der Waals surface area contributed by atoms with Crippen LogP contribution in [0.15, 0.2) is 53.5 Å². The summed E-state index contributed by atoms with van der Waals surface area (Å²) in [7, 11) is 1.84. The van der Waals surface area contributed by atoms with E-state index < -0.39 is 6.10 Å². The van der Waals surface area contributed by atoms with Gasteiger partial charge in [0.05, 0.1) is 18.3 Å². The predicted octanol–water partition coefficient (Wildman–Crippen LogP) is 3.03. The van der Waals surface area contributed by atoms with E-state index in [2.05, 4.69) is 10.4 Å². The highest BCUT2D eigenvalue weighted by molar-refractivity contribution is 7.07. The monoisotopic (exact) mass is 331 g/mol. The Bertz CT molecular complexity index is 757. The normalized spacial score (nSPS) is 13.9. The minimum atomic E-state index is -0.603. The first-order chi connectivity index (χ1) is 11.1. The maximum atomic E-state index is 13.6. The second kappa shape index (κ2) is 7.04. The lowest BCUT2D eigenvalue weighted by atomic mass is 10.0. The number of benzene rings is 1. The van der Waals surface area contributed by atoms with Crippen LogP contribution in [-0.2, 0) is 7.05 Å². The highest BCUT2D eigenvalue weighted by Gasteiger charge is 2.18. The second-order valence-corrected chi connectivity index (χ2v) is 6.20. The van der Waals surface area contributed by atoms with Gasteiger partial charge in [-0.25, -0.2) is 4.39 Å². The molecule has 6 heteroatoms. The van der Waals surface area contributed by atoms with Crippen LogP contribution in [0.5, 0.6) is 0 Å². The number of halogens is 1. The smallest absolute Gasteiger partial charge is 0.123 e. The number of hydrogen-bond donors (Lipinski definition) is 2. The Morgan fingerprint density at radius 3 is 2.83 bits per heavy atom. The van der Waals surface area contributed by atoms with Crippen LogP contribution in [0.4, 0.5) is 4.39 Å². The zero-order valence-electron chi connectivity index (χ0n) is 12.7. The van der Waals surface area contributed by atoms with Crippen LogP contribution in [0.25, 0.3) is 0 Å². The molecule has 2 aromatic heterocycles. The molecule has 2 N–H and O–H groups in total. The van der Waals surface area contributed by atoms with Crippen molar-refractivity contribution in [2.75, 3.05) is 6.54 Å². The summed E-state index contributed by atoms with van der Waals surface area (Å²) >= 11 is 1.55. The van der Waals surface area contributed by atoms with Crippen molar-refractivity contribution in [3.8, 4) is 0 Å². The largest absolute Gasteiger partial charge is 0.387 e. The lowest BCUT2D eigenvalue weighted by molar-refractivity contribution is 0.172. The number of rotatable bonds is 6. The predicted molar refractivity (Wildman–Crippen MR) is 88.7 cm³/mol. The number of aliphatic hydroxyl groups excluding tert-OH is 1. The summed E-state index contributed by atoms with van der Waals surface area (Å²) in [6.45, 7) is 0.368. The summed E-state index contributed by atoms with van der Waals surface area (Å²) in [5, 5.41) is 21.6. The molecule has 120 valence electrons. The van der Waals surface area contributed by atoms with Gasteiger partial charge >= 0.3 is 0 Å². The Hall–Kier alpha value is -2.02. The van der Waals surface area contributed by atoms with Gasteiger partial charge in [0.15, 0.2) is 0 Å². The van der Waals surface area contributed by atoms with Crippen LogP contribution in [0, 0.1) is 5.82 Å². The topological polar surface area (TPSA) is 50.1 Å². The molecule has 3 rings (SSSR count). The van der Waals surface area contributed by atoms with Crippen molar-refractivity contribution in [2.24, 2.45) is 7.05 Å². The fourth-order valence-electron chi connectivity index (χ4n) is 2.52. The fourth-order valence-corrected chi connectivity index (χ4v) is 3.22. The van der Waals surface area contributed by atoms with Crippen molar-refractivity contribution in [1.82, 2.24) is 15.1 Å². The third-order valence-corrected chi connectivity index (χ3v) is 4.38. The van der Waals surface area contributed by atoms with Crippen molar-refractivity contribution in [2.45, 2.75) is 12.1 Å². The van der Waals surface area contributed by atoms with Crippen LogP contribution in [0.2, 0.25) is 0 Å². The molecule has 0 fully saturated rings. The third-order valence-electron chi connectivity index (χ3n) is 3.68. The zero-order valence-corrected chi connectivity index (χ0v) is 13.5. The Morgan fingerprint density at radius 2 is 2.17 bits per heavy atom. The molecule has 0 saturated heterocycles. The summed E-state index contributed by atoms with van der Waals surface area (Å²) in [6, 6.07) is 8.15. The van der Waals surface area contributed by atoms with Crippen molar-refractivity contribution in [3.05, 3.63) is 76.0 Å². The molecule has 3 aromatic rings. The number of nitrogens with one attached hydrogen (secondary N) is 1. The lowest BCUT2D eigenvalue weighted by Gasteiger charge is -2.20. The Labute approximate surface area is 138 Å². The van der Waals surface area contributed by atoms with Crippen molar-refractivity contribution in [3.63, 3.8) is 0 Å². The summed E-state index contributed by atoms with van der Waals surface area (Å²) in [5.41, 5.74) is 2.61. The molecule has 2 unspecified atom stereocenters. The van der Waals surface area contributed by atoms with Gasteiger partial charge in [0.25, 0.3) is 0 Å². The quantitative estimate of drug-likeness (QED) is 0.730. The lowest BCUT2D eigenvalue weighted by Crippen LogP contribution is -2.27. The molecule has 0 aliphatic heterocycles. The molecule has 0 aliphatic rings. The van der Waals surface area contributed by atoms with Gasteiger partial charge in [-0.2, -0.15) is 16.4 Å². The fraction of sp³-hybridized carbons (Fsp3) is 0.235. The average molecular weight is 331 g/mol. The van der Waals surface area contributed by atoms with E-state index in [1.165, 1.54) is 12.1 Å². The first-order valence-corrected chi connectivity index (χ1v) is 8.25. The first-order valence-electron chi connectivity index (χ1n) is 7.31. The zero-order chi connectivity index (χ0) is 16.2. The van der Waals surface area contributed by atoms with Gasteiger partial charge in [-0.15, -0.1) is 0 Å². The van der Waals surface area contributed by atoms with E-state index in [1.54, 1.807) is 28.3 Å². The van der Waals surface area contributed by atoms with Crippen LogP contribution in [-0.4, -0.2) is 21.4 Å². The second-order valence-electron chi connectivity index (χ2n) is 5.42. The van der Waals surface area contributed by atoms with E-state index in [4.69, 9.17) is 0 Å². The minimum Gasteiger partial charge on any atom is -0.387 e. The first kappa shape index (κ1) is 15.9. The molecule has 0 spiro atoms. The molecule has 23 heavy (non-hydrogen) atoms. The number of aryl methyl sites for hydroxylation is 1. The SMILES string of the molecule is Cn1cc(C(NCC(O)c2ccsc2)c2cccc(F)c2)cn1. The number of aliphatic hydroxyl groups is 1. The van der Waals surface area contributed by atoms with E-state index in [0.29, 0.717) is 6.54 Å². The summed E-state index contributed by atoms with van der Waals surface area (Å²) < 4.78 is 15.3. The molecule has 1 aromatic carbocycles. The number of hydrogen-bond acceptors (Lipinski definition) is 4. The standard InChI is InChI=1S/C17H18FN3OS/c1-21-10-14(8-20-21)17(12-3-2-4-15(18)7-12)19-9-16(22)13-5-6-23-11-13/h2-8,10-11,16-17,19,22H,9H2,1H3. The number of nitrogens with zero attached hydrogens (tertiary/aromatic N) is 2. The highest BCUT2D eigenvalue weighted by atomic mass is 32.1. The molecule has 2 heterocycles. The molecule has 0 bridgehead atoms. The number of aromatic nitrogens is 2. The Kier molecular flexibility index (Phi) is 4.85. The third kappa shape index (κ3) is 3.85. The molecule has 0 amide bonds. The van der Waals surface area contributed by atoms with Gasteiger partial charge in [-0.1, -0.05) is 12.1 Å². The maximum absolute atomic E-state index is 13.6. The summed E-state index contributed by atoms with van der Waals surface area (Å²) in [6.07, 6.45) is 3.04. The van der Waals surface area contributed by atoms with Gasteiger partial charge < -0.3 is 10.4 Å². The van der Waals surface area contributed by atoms with E-state index in [9.17, 15) is 9.50 Å². The van der Waals surface area contributed by atoms with Crippen LogP contribution >= 0.6 is 11.3 Å². The Balaban J connectivity index is 1.81. The molecule has 4 nitrogen and oxygen atoms in total. The van der Waals surface area contributed by atoms with E-state index in [-0.39, 0.29) is 11.9 Å². The minimum absolute atomic E-state index is 0.229. The van der Waals surface area contributed by atoms with Gasteiger partial charge in [0.2, 0.25) is 0 Å². The molecule has 0 aliphatic carbocycles. The van der Waals surface area contributed by atoms with Crippen molar-refractivity contribution >= 4 is 11.3 Å².